The third-order valence-electron chi connectivity index (χ3n) is 3.58. The summed E-state index contributed by atoms with van der Waals surface area (Å²) in [4.78, 5) is 13.7. The van der Waals surface area contributed by atoms with E-state index in [1.807, 2.05) is 32.0 Å². The first kappa shape index (κ1) is 18.2. The van der Waals surface area contributed by atoms with E-state index in [-0.39, 0.29) is 23.9 Å². The molecule has 0 bridgehead atoms. The summed E-state index contributed by atoms with van der Waals surface area (Å²) >= 11 is 0. The summed E-state index contributed by atoms with van der Waals surface area (Å²) in [5.74, 6) is -0.126. The zero-order valence-corrected chi connectivity index (χ0v) is 14.9. The van der Waals surface area contributed by atoms with E-state index in [1.54, 1.807) is 23.1 Å². The van der Waals surface area contributed by atoms with Gasteiger partial charge in [-0.05, 0) is 49.2 Å². The molecule has 0 saturated carbocycles. The van der Waals surface area contributed by atoms with Gasteiger partial charge in [0.2, 0.25) is 15.9 Å². The van der Waals surface area contributed by atoms with Gasteiger partial charge in [0.25, 0.3) is 0 Å². The van der Waals surface area contributed by atoms with E-state index < -0.39 is 10.0 Å². The van der Waals surface area contributed by atoms with Crippen molar-refractivity contribution in [1.29, 1.82) is 0 Å². The van der Waals surface area contributed by atoms with Crippen molar-refractivity contribution in [2.24, 2.45) is 0 Å². The minimum atomic E-state index is -3.57. The second-order valence-electron chi connectivity index (χ2n) is 5.73. The van der Waals surface area contributed by atoms with Crippen molar-refractivity contribution in [2.45, 2.75) is 25.7 Å². The van der Waals surface area contributed by atoms with Crippen molar-refractivity contribution in [1.82, 2.24) is 4.72 Å². The van der Waals surface area contributed by atoms with Gasteiger partial charge in [-0.3, -0.25) is 4.79 Å². The highest BCUT2D eigenvalue weighted by atomic mass is 32.2. The van der Waals surface area contributed by atoms with E-state index in [1.165, 1.54) is 19.1 Å². The second-order valence-corrected chi connectivity index (χ2v) is 7.49. The Kier molecular flexibility index (Phi) is 5.75. The van der Waals surface area contributed by atoms with Crippen molar-refractivity contribution in [2.75, 3.05) is 18.0 Å². The first-order valence-electron chi connectivity index (χ1n) is 7.71. The summed E-state index contributed by atoms with van der Waals surface area (Å²) in [6.07, 6.45) is 0. The van der Waals surface area contributed by atoms with Crippen molar-refractivity contribution in [3.8, 4) is 0 Å². The summed E-state index contributed by atoms with van der Waals surface area (Å²) in [6, 6.07) is 14.0. The highest BCUT2D eigenvalue weighted by molar-refractivity contribution is 7.89. The fourth-order valence-electron chi connectivity index (χ4n) is 2.55. The largest absolute Gasteiger partial charge is 0.311 e. The lowest BCUT2D eigenvalue weighted by molar-refractivity contribution is -0.116. The molecule has 0 aliphatic rings. The molecule has 0 fully saturated rings. The Labute approximate surface area is 143 Å². The highest BCUT2D eigenvalue weighted by Gasteiger charge is 2.16. The predicted octanol–water partition coefficient (Wildman–Crippen LogP) is 2.63. The van der Waals surface area contributed by atoms with Crippen molar-refractivity contribution in [3.05, 3.63) is 59.7 Å². The lowest BCUT2D eigenvalue weighted by Gasteiger charge is -2.22. The first-order valence-corrected chi connectivity index (χ1v) is 9.19. The molecule has 0 spiro atoms. The molecule has 5 nitrogen and oxygen atoms in total. The van der Waals surface area contributed by atoms with Crippen molar-refractivity contribution in [3.63, 3.8) is 0 Å². The molecule has 2 rings (SSSR count). The van der Waals surface area contributed by atoms with Crippen LogP contribution < -0.4 is 9.62 Å². The Morgan fingerprint density at radius 2 is 1.62 bits per heavy atom. The summed E-state index contributed by atoms with van der Waals surface area (Å²) in [6.45, 7) is 5.82. The summed E-state index contributed by atoms with van der Waals surface area (Å²) in [7, 11) is -3.57. The lowest BCUT2D eigenvalue weighted by atomic mass is 10.1. The van der Waals surface area contributed by atoms with E-state index in [2.05, 4.69) is 4.72 Å². The van der Waals surface area contributed by atoms with Crippen molar-refractivity contribution >= 4 is 21.6 Å². The molecule has 0 radical (unpaired) electrons. The lowest BCUT2D eigenvalue weighted by Crippen LogP contribution is -2.37. The van der Waals surface area contributed by atoms with Gasteiger partial charge in [-0.25, -0.2) is 13.1 Å². The monoisotopic (exact) mass is 346 g/mol. The number of benzene rings is 2. The van der Waals surface area contributed by atoms with Crippen LogP contribution in [-0.4, -0.2) is 27.4 Å². The Balaban J connectivity index is 2.09. The van der Waals surface area contributed by atoms with E-state index in [0.29, 0.717) is 0 Å². The van der Waals surface area contributed by atoms with Gasteiger partial charge >= 0.3 is 0 Å². The van der Waals surface area contributed by atoms with Crippen LogP contribution >= 0.6 is 0 Å². The molecule has 0 aliphatic carbocycles. The number of anilines is 1. The van der Waals surface area contributed by atoms with Crippen LogP contribution in [0.1, 0.15) is 18.1 Å². The van der Waals surface area contributed by atoms with Crippen LogP contribution in [-0.2, 0) is 14.8 Å². The number of sulfonamides is 1. The van der Waals surface area contributed by atoms with Gasteiger partial charge in [0.15, 0.2) is 0 Å². The van der Waals surface area contributed by atoms with Gasteiger partial charge in [-0.1, -0.05) is 24.3 Å². The molecule has 2 aromatic carbocycles. The number of hydrogen-bond acceptors (Lipinski definition) is 3. The average molecular weight is 346 g/mol. The van der Waals surface area contributed by atoms with Crippen LogP contribution in [0.5, 0.6) is 0 Å². The predicted molar refractivity (Wildman–Crippen MR) is 95.6 cm³/mol. The molecular formula is C18H22N2O3S. The summed E-state index contributed by atoms with van der Waals surface area (Å²) < 4.78 is 27.0. The number of carbonyl (C=O) groups is 1. The minimum absolute atomic E-state index is 0.126. The number of amides is 1. The van der Waals surface area contributed by atoms with E-state index in [4.69, 9.17) is 0 Å². The molecule has 1 amide bonds. The number of carbonyl (C=O) groups excluding carboxylic acids is 1. The molecule has 0 atom stereocenters. The molecule has 0 heterocycles. The van der Waals surface area contributed by atoms with Crippen LogP contribution in [0.15, 0.2) is 53.4 Å². The molecule has 0 unspecified atom stereocenters. The molecule has 128 valence electrons. The molecule has 0 aliphatic heterocycles. The van der Waals surface area contributed by atoms with Gasteiger partial charge in [-0.2, -0.15) is 0 Å². The zero-order valence-electron chi connectivity index (χ0n) is 14.1. The maximum absolute atomic E-state index is 12.2. The quantitative estimate of drug-likeness (QED) is 0.874. The van der Waals surface area contributed by atoms with Crippen LogP contribution in [0.4, 0.5) is 5.69 Å². The molecule has 2 aromatic rings. The number of aryl methyl sites for hydroxylation is 2. The maximum Gasteiger partial charge on any atom is 0.240 e. The van der Waals surface area contributed by atoms with Crippen molar-refractivity contribution < 1.29 is 13.2 Å². The van der Waals surface area contributed by atoms with Gasteiger partial charge in [0.05, 0.1) is 4.90 Å². The van der Waals surface area contributed by atoms with Crippen LogP contribution in [0.3, 0.4) is 0 Å². The van der Waals surface area contributed by atoms with E-state index in [0.717, 1.165) is 16.8 Å². The van der Waals surface area contributed by atoms with Crippen LogP contribution in [0, 0.1) is 13.8 Å². The Hall–Kier alpha value is -2.18. The maximum atomic E-state index is 12.2. The van der Waals surface area contributed by atoms with Crippen LogP contribution in [0.2, 0.25) is 0 Å². The van der Waals surface area contributed by atoms with Gasteiger partial charge < -0.3 is 4.90 Å². The zero-order chi connectivity index (χ0) is 17.7. The Morgan fingerprint density at radius 3 is 2.17 bits per heavy atom. The van der Waals surface area contributed by atoms with E-state index in [9.17, 15) is 13.2 Å². The fourth-order valence-corrected chi connectivity index (χ4v) is 3.59. The molecule has 0 saturated heterocycles. The molecule has 1 N–H and O–H groups in total. The van der Waals surface area contributed by atoms with Crippen LogP contribution in [0.25, 0.3) is 0 Å². The van der Waals surface area contributed by atoms with E-state index >= 15 is 0 Å². The van der Waals surface area contributed by atoms with Gasteiger partial charge in [0.1, 0.15) is 0 Å². The number of rotatable bonds is 6. The Bertz CT molecular complexity index is 797. The number of nitrogens with one attached hydrogen (secondary N) is 1. The molecule has 6 heteroatoms. The molecule has 24 heavy (non-hydrogen) atoms. The van der Waals surface area contributed by atoms with Gasteiger partial charge in [-0.15, -0.1) is 0 Å². The highest BCUT2D eigenvalue weighted by Crippen LogP contribution is 2.19. The molecular weight excluding hydrogens is 324 g/mol. The number of nitrogens with zero attached hydrogens (tertiary/aromatic N) is 1. The summed E-state index contributed by atoms with van der Waals surface area (Å²) in [5.41, 5.74) is 2.89. The number of hydrogen-bond donors (Lipinski definition) is 1. The topological polar surface area (TPSA) is 66.5 Å². The van der Waals surface area contributed by atoms with Gasteiger partial charge in [0, 0.05) is 25.7 Å². The smallest absolute Gasteiger partial charge is 0.240 e. The normalized spacial score (nSPS) is 11.3. The third kappa shape index (κ3) is 4.66. The first-order chi connectivity index (χ1) is 11.3. The third-order valence-corrected chi connectivity index (χ3v) is 5.06. The SMILES string of the molecule is CC(=O)N(CCNS(=O)(=O)c1ccccc1)c1cc(C)cc(C)c1. The molecule has 0 aromatic heterocycles. The Morgan fingerprint density at radius 1 is 1.04 bits per heavy atom. The minimum Gasteiger partial charge on any atom is -0.311 e. The average Bonchev–Trinajstić information content (AvgIpc) is 2.51. The summed E-state index contributed by atoms with van der Waals surface area (Å²) in [5, 5.41) is 0. The standard InChI is InChI=1S/C18H22N2O3S/c1-14-11-15(2)13-17(12-14)20(16(3)21)10-9-19-24(22,23)18-7-5-4-6-8-18/h4-8,11-13,19H,9-10H2,1-3H3. The second kappa shape index (κ2) is 7.59. The fraction of sp³-hybridized carbons (Fsp3) is 0.278.